The van der Waals surface area contributed by atoms with E-state index in [1.807, 2.05) is 0 Å². The molecule has 1 amide bonds. The molecule has 2 aromatic carbocycles. The maximum atomic E-state index is 12.5. The first-order valence-electron chi connectivity index (χ1n) is 7.89. The molecule has 0 aromatic heterocycles. The van der Waals surface area contributed by atoms with Crippen LogP contribution in [-0.2, 0) is 11.3 Å². The third-order valence-corrected chi connectivity index (χ3v) is 3.75. The van der Waals surface area contributed by atoms with Gasteiger partial charge < -0.3 is 15.2 Å². The van der Waals surface area contributed by atoms with Crippen molar-refractivity contribution in [2.75, 3.05) is 6.61 Å². The van der Waals surface area contributed by atoms with E-state index < -0.39 is 19.0 Å². The largest absolute Gasteiger partial charge is 0.481 e. The van der Waals surface area contributed by atoms with Gasteiger partial charge in [-0.15, -0.1) is 0 Å². The third kappa shape index (κ3) is 5.02. The van der Waals surface area contributed by atoms with Crippen LogP contribution in [0, 0.1) is 13.8 Å². The fraction of sp³-hybridized carbons (Fsp3) is 0.263. The first kappa shape index (κ1) is 19.4. The number of carbonyl (C=O) groups excluding carboxylic acids is 1. The normalized spacial score (nSPS) is 10.7. The van der Waals surface area contributed by atoms with Crippen LogP contribution >= 0.6 is 0 Å². The second kappa shape index (κ2) is 8.42. The molecule has 0 aliphatic carbocycles. The van der Waals surface area contributed by atoms with E-state index in [-0.39, 0.29) is 18.0 Å². The van der Waals surface area contributed by atoms with E-state index >= 15 is 0 Å². The van der Waals surface area contributed by atoms with Gasteiger partial charge in [0.1, 0.15) is 5.75 Å². The van der Waals surface area contributed by atoms with Crippen LogP contribution in [0.4, 0.5) is 8.78 Å². The van der Waals surface area contributed by atoms with Crippen molar-refractivity contribution in [2.24, 2.45) is 0 Å². The molecule has 0 atom stereocenters. The highest BCUT2D eigenvalue weighted by atomic mass is 19.3. The maximum absolute atomic E-state index is 12.5. The second-order valence-corrected chi connectivity index (χ2v) is 5.85. The lowest BCUT2D eigenvalue weighted by atomic mass is 10.0. The number of aryl methyl sites for hydroxylation is 2. The molecule has 0 fully saturated rings. The quantitative estimate of drug-likeness (QED) is 0.788. The first-order valence-corrected chi connectivity index (χ1v) is 7.89. The minimum Gasteiger partial charge on any atom is -0.481 e. The number of hydrogen-bond acceptors (Lipinski definition) is 3. The molecule has 0 unspecified atom stereocenters. The Hall–Kier alpha value is -2.96. The highest BCUT2D eigenvalue weighted by Gasteiger charge is 2.13. The SMILES string of the molecule is Cc1cc(C(=O)NCc2ccc(C(F)F)cc2)cc(C)c1OCC(=O)O. The summed E-state index contributed by atoms with van der Waals surface area (Å²) in [6, 6.07) is 8.96. The lowest BCUT2D eigenvalue weighted by molar-refractivity contribution is -0.139. The Morgan fingerprint density at radius 1 is 1.12 bits per heavy atom. The molecule has 2 rings (SSSR count). The van der Waals surface area contributed by atoms with E-state index in [1.165, 1.54) is 12.1 Å². The van der Waals surface area contributed by atoms with Crippen molar-refractivity contribution in [3.8, 4) is 5.75 Å². The molecule has 2 N–H and O–H groups in total. The lowest BCUT2D eigenvalue weighted by Crippen LogP contribution is -2.23. The highest BCUT2D eigenvalue weighted by Crippen LogP contribution is 2.25. The zero-order valence-electron chi connectivity index (χ0n) is 14.4. The minimum absolute atomic E-state index is 0.0664. The fourth-order valence-electron chi connectivity index (χ4n) is 2.51. The summed E-state index contributed by atoms with van der Waals surface area (Å²) in [5, 5.41) is 11.4. The molecule has 0 radical (unpaired) electrons. The number of carboxylic acids is 1. The Morgan fingerprint density at radius 3 is 2.19 bits per heavy atom. The van der Waals surface area contributed by atoms with Crippen molar-refractivity contribution in [3.05, 3.63) is 64.2 Å². The van der Waals surface area contributed by atoms with E-state index in [9.17, 15) is 18.4 Å². The van der Waals surface area contributed by atoms with Crippen molar-refractivity contribution < 1.29 is 28.2 Å². The fourth-order valence-corrected chi connectivity index (χ4v) is 2.51. The van der Waals surface area contributed by atoms with Crippen LogP contribution in [0.25, 0.3) is 0 Å². The van der Waals surface area contributed by atoms with Gasteiger partial charge in [-0.05, 0) is 42.7 Å². The maximum Gasteiger partial charge on any atom is 0.341 e. The summed E-state index contributed by atoms with van der Waals surface area (Å²) in [5.74, 6) is -0.964. The molecule has 26 heavy (non-hydrogen) atoms. The van der Waals surface area contributed by atoms with E-state index in [4.69, 9.17) is 9.84 Å². The summed E-state index contributed by atoms with van der Waals surface area (Å²) in [7, 11) is 0. The average Bonchev–Trinajstić information content (AvgIpc) is 2.58. The Labute approximate surface area is 149 Å². The van der Waals surface area contributed by atoms with Crippen LogP contribution in [0.3, 0.4) is 0 Å². The molecular weight excluding hydrogens is 344 g/mol. The van der Waals surface area contributed by atoms with E-state index in [2.05, 4.69) is 5.32 Å². The summed E-state index contributed by atoms with van der Waals surface area (Å²) >= 11 is 0. The van der Waals surface area contributed by atoms with E-state index in [0.29, 0.717) is 28.0 Å². The van der Waals surface area contributed by atoms with Gasteiger partial charge in [0.2, 0.25) is 0 Å². The van der Waals surface area contributed by atoms with Crippen LogP contribution in [0.15, 0.2) is 36.4 Å². The van der Waals surface area contributed by atoms with Gasteiger partial charge in [0.05, 0.1) is 0 Å². The van der Waals surface area contributed by atoms with Crippen molar-refractivity contribution in [3.63, 3.8) is 0 Å². The number of nitrogens with one attached hydrogen (secondary N) is 1. The van der Waals surface area contributed by atoms with Gasteiger partial charge in [0.15, 0.2) is 6.61 Å². The van der Waals surface area contributed by atoms with Gasteiger partial charge in [0.25, 0.3) is 12.3 Å². The zero-order valence-corrected chi connectivity index (χ0v) is 14.4. The Morgan fingerprint density at radius 2 is 1.69 bits per heavy atom. The molecule has 0 spiro atoms. The van der Waals surface area contributed by atoms with Gasteiger partial charge in [0, 0.05) is 17.7 Å². The predicted octanol–water partition coefficient (Wildman–Crippen LogP) is 3.63. The molecule has 0 saturated heterocycles. The standard InChI is InChI=1S/C19H19F2NO4/c1-11-7-15(8-12(2)17(11)26-10-16(23)24)19(25)22-9-13-3-5-14(6-4-13)18(20)21/h3-8,18H,9-10H2,1-2H3,(H,22,25)(H,23,24). The molecule has 7 heteroatoms. The number of carboxylic acid groups (broad SMARTS) is 1. The molecule has 0 aliphatic heterocycles. The summed E-state index contributed by atoms with van der Waals surface area (Å²) in [4.78, 5) is 22.9. The number of hydrogen-bond donors (Lipinski definition) is 2. The zero-order chi connectivity index (χ0) is 19.3. The Balaban J connectivity index is 2.04. The third-order valence-electron chi connectivity index (χ3n) is 3.75. The predicted molar refractivity (Wildman–Crippen MR) is 91.6 cm³/mol. The summed E-state index contributed by atoms with van der Waals surface area (Å²) in [5.41, 5.74) is 2.35. The first-order chi connectivity index (χ1) is 12.3. The molecule has 5 nitrogen and oxygen atoms in total. The van der Waals surface area contributed by atoms with Crippen molar-refractivity contribution in [1.29, 1.82) is 0 Å². The lowest BCUT2D eigenvalue weighted by Gasteiger charge is -2.13. The molecular formula is C19H19F2NO4. The molecule has 138 valence electrons. The van der Waals surface area contributed by atoms with Crippen LogP contribution in [0.2, 0.25) is 0 Å². The minimum atomic E-state index is -2.52. The van der Waals surface area contributed by atoms with Crippen molar-refractivity contribution in [1.82, 2.24) is 5.32 Å². The average molecular weight is 363 g/mol. The summed E-state index contributed by atoms with van der Waals surface area (Å²) in [6.45, 7) is 3.20. The van der Waals surface area contributed by atoms with Gasteiger partial charge in [-0.3, -0.25) is 4.79 Å². The van der Waals surface area contributed by atoms with Crippen molar-refractivity contribution in [2.45, 2.75) is 26.8 Å². The van der Waals surface area contributed by atoms with Gasteiger partial charge >= 0.3 is 5.97 Å². The molecule has 0 aliphatic rings. The van der Waals surface area contributed by atoms with E-state index in [0.717, 1.165) is 0 Å². The number of ether oxygens (including phenoxy) is 1. The smallest absolute Gasteiger partial charge is 0.341 e. The number of carbonyl (C=O) groups is 2. The number of amides is 1. The number of halogens is 2. The number of alkyl halides is 2. The van der Waals surface area contributed by atoms with Crippen LogP contribution in [0.5, 0.6) is 5.75 Å². The molecule has 2 aromatic rings. The second-order valence-electron chi connectivity index (χ2n) is 5.85. The molecule has 0 bridgehead atoms. The van der Waals surface area contributed by atoms with Gasteiger partial charge in [-0.25, -0.2) is 13.6 Å². The van der Waals surface area contributed by atoms with Gasteiger partial charge in [-0.2, -0.15) is 0 Å². The monoisotopic (exact) mass is 363 g/mol. The summed E-state index contributed by atoms with van der Waals surface area (Å²) in [6.07, 6.45) is -2.52. The number of aliphatic carboxylic acids is 1. The van der Waals surface area contributed by atoms with Crippen LogP contribution in [0.1, 0.15) is 39.0 Å². The summed E-state index contributed by atoms with van der Waals surface area (Å²) < 4.78 is 30.3. The Bertz CT molecular complexity index is 781. The molecule has 0 heterocycles. The van der Waals surface area contributed by atoms with Crippen LogP contribution in [-0.4, -0.2) is 23.6 Å². The number of benzene rings is 2. The number of rotatable bonds is 7. The van der Waals surface area contributed by atoms with Crippen molar-refractivity contribution >= 4 is 11.9 Å². The molecule has 0 saturated carbocycles. The Kier molecular flexibility index (Phi) is 6.27. The van der Waals surface area contributed by atoms with Gasteiger partial charge in [-0.1, -0.05) is 24.3 Å². The topological polar surface area (TPSA) is 75.6 Å². The van der Waals surface area contributed by atoms with E-state index in [1.54, 1.807) is 38.1 Å². The van der Waals surface area contributed by atoms with Crippen LogP contribution < -0.4 is 10.1 Å². The highest BCUT2D eigenvalue weighted by molar-refractivity contribution is 5.94.